The molecule has 0 saturated carbocycles. The molecule has 10 heteroatoms. The van der Waals surface area contributed by atoms with Crippen LogP contribution in [0.2, 0.25) is 0 Å². The van der Waals surface area contributed by atoms with E-state index in [-0.39, 0.29) is 30.2 Å². The molecule has 2 heterocycles. The molecule has 1 aliphatic heterocycles. The summed E-state index contributed by atoms with van der Waals surface area (Å²) in [7, 11) is -3.16. The van der Waals surface area contributed by atoms with Crippen LogP contribution in [0.15, 0.2) is 27.8 Å². The molecule has 1 amide bonds. The first-order valence-electron chi connectivity index (χ1n) is 7.35. The van der Waals surface area contributed by atoms with Gasteiger partial charge in [-0.25, -0.2) is 13.2 Å². The van der Waals surface area contributed by atoms with Gasteiger partial charge in [-0.2, -0.15) is 0 Å². The second kappa shape index (κ2) is 6.20. The summed E-state index contributed by atoms with van der Waals surface area (Å²) in [5.74, 6) is -0.0521. The van der Waals surface area contributed by atoms with Gasteiger partial charge in [0.2, 0.25) is 5.88 Å². The molecule has 1 aromatic carbocycles. The average Bonchev–Trinajstić information content (AvgIpc) is 2.51. The van der Waals surface area contributed by atoms with E-state index < -0.39 is 27.0 Å². The molecule has 3 rings (SSSR count). The van der Waals surface area contributed by atoms with Crippen molar-refractivity contribution in [3.8, 4) is 11.6 Å². The summed E-state index contributed by atoms with van der Waals surface area (Å²) in [5.41, 5.74) is -0.0100. The highest BCUT2D eigenvalue weighted by molar-refractivity contribution is 7.90. The molecule has 0 aliphatic carbocycles. The van der Waals surface area contributed by atoms with Crippen LogP contribution >= 0.6 is 0 Å². The number of amides is 1. The van der Waals surface area contributed by atoms with Gasteiger partial charge in [-0.05, 0) is 18.2 Å². The van der Waals surface area contributed by atoms with Crippen LogP contribution in [0.4, 0.5) is 0 Å². The van der Waals surface area contributed by atoms with Gasteiger partial charge in [-0.15, -0.1) is 0 Å². The molecule has 0 fully saturated rings. The third-order valence-electron chi connectivity index (χ3n) is 3.66. The van der Waals surface area contributed by atoms with Crippen LogP contribution in [0.3, 0.4) is 0 Å². The number of aromatic amines is 2. The number of sulfone groups is 1. The minimum Gasteiger partial charge on any atom is -0.440 e. The van der Waals surface area contributed by atoms with E-state index in [0.717, 1.165) is 6.26 Å². The molecule has 132 valence electrons. The van der Waals surface area contributed by atoms with Crippen LogP contribution in [0, 0.1) is 0 Å². The van der Waals surface area contributed by atoms with Crippen LogP contribution in [0.25, 0.3) is 0 Å². The van der Waals surface area contributed by atoms with Gasteiger partial charge in [0.1, 0.15) is 15.6 Å². The molecule has 0 bridgehead atoms. The lowest BCUT2D eigenvalue weighted by atomic mass is 10.0. The van der Waals surface area contributed by atoms with Gasteiger partial charge in [0.05, 0.1) is 11.3 Å². The highest BCUT2D eigenvalue weighted by Gasteiger charge is 2.22. The van der Waals surface area contributed by atoms with E-state index in [9.17, 15) is 22.8 Å². The lowest BCUT2D eigenvalue weighted by Gasteiger charge is -2.19. The summed E-state index contributed by atoms with van der Waals surface area (Å²) in [6, 6.07) is 4.65. The van der Waals surface area contributed by atoms with Crippen LogP contribution in [0.1, 0.15) is 21.5 Å². The van der Waals surface area contributed by atoms with Crippen LogP contribution in [0.5, 0.6) is 11.6 Å². The smallest absolute Gasteiger partial charge is 0.328 e. The predicted octanol–water partition coefficient (Wildman–Crippen LogP) is -0.466. The molecule has 3 N–H and O–H groups in total. The largest absolute Gasteiger partial charge is 0.440 e. The zero-order valence-electron chi connectivity index (χ0n) is 13.2. The molecule has 1 aliphatic rings. The molecule has 0 radical (unpaired) electrons. The van der Waals surface area contributed by atoms with E-state index in [0.29, 0.717) is 16.9 Å². The van der Waals surface area contributed by atoms with Crippen molar-refractivity contribution in [2.45, 2.75) is 6.42 Å². The quantitative estimate of drug-likeness (QED) is 0.572. The maximum Gasteiger partial charge on any atom is 0.328 e. The van der Waals surface area contributed by atoms with Crippen molar-refractivity contribution < 1.29 is 17.9 Å². The fourth-order valence-corrected chi connectivity index (χ4v) is 2.92. The Labute approximate surface area is 142 Å². The summed E-state index contributed by atoms with van der Waals surface area (Å²) >= 11 is 0. The fourth-order valence-electron chi connectivity index (χ4n) is 2.45. The zero-order valence-corrected chi connectivity index (χ0v) is 14.0. The van der Waals surface area contributed by atoms with Gasteiger partial charge >= 0.3 is 5.69 Å². The number of benzene rings is 1. The number of aromatic nitrogens is 2. The molecular weight excluding hydrogens is 350 g/mol. The molecule has 0 atom stereocenters. The lowest BCUT2D eigenvalue weighted by Crippen LogP contribution is -2.29. The van der Waals surface area contributed by atoms with E-state index in [1.54, 1.807) is 12.1 Å². The maximum absolute atomic E-state index is 12.1. The Hall–Kier alpha value is -2.88. The fraction of sp³-hybridized carbons (Fsp3) is 0.267. The molecule has 0 unspecified atom stereocenters. The predicted molar refractivity (Wildman–Crippen MR) is 89.0 cm³/mol. The van der Waals surface area contributed by atoms with Crippen molar-refractivity contribution in [1.82, 2.24) is 15.3 Å². The number of rotatable bonds is 4. The molecule has 1 aromatic heterocycles. The van der Waals surface area contributed by atoms with Crippen LogP contribution in [-0.2, 0) is 16.3 Å². The molecule has 2 aromatic rings. The lowest BCUT2D eigenvalue weighted by molar-refractivity contribution is 0.0956. The first-order valence-corrected chi connectivity index (χ1v) is 9.41. The van der Waals surface area contributed by atoms with Crippen molar-refractivity contribution in [3.05, 3.63) is 55.7 Å². The molecular formula is C15H15N3O6S. The Morgan fingerprint density at radius 1 is 1.28 bits per heavy atom. The summed E-state index contributed by atoms with van der Waals surface area (Å²) in [6.45, 7) is 0.00892. The topological polar surface area (TPSA) is 138 Å². The van der Waals surface area contributed by atoms with E-state index in [1.807, 2.05) is 0 Å². The summed E-state index contributed by atoms with van der Waals surface area (Å²) in [6.07, 6.45) is 1.29. The summed E-state index contributed by atoms with van der Waals surface area (Å²) < 4.78 is 27.7. The second-order valence-corrected chi connectivity index (χ2v) is 7.96. The van der Waals surface area contributed by atoms with Gasteiger partial charge in [0.15, 0.2) is 0 Å². The van der Waals surface area contributed by atoms with E-state index in [4.69, 9.17) is 4.74 Å². The molecule has 0 saturated heterocycles. The Morgan fingerprint density at radius 3 is 2.76 bits per heavy atom. The average molecular weight is 365 g/mol. The Balaban J connectivity index is 1.81. The van der Waals surface area contributed by atoms with Gasteiger partial charge < -0.3 is 10.1 Å². The zero-order chi connectivity index (χ0) is 18.2. The van der Waals surface area contributed by atoms with E-state index in [1.165, 1.54) is 6.07 Å². The molecule has 9 nitrogen and oxygen atoms in total. The third kappa shape index (κ3) is 3.79. The van der Waals surface area contributed by atoms with Gasteiger partial charge in [-0.1, -0.05) is 0 Å². The number of carbonyl (C=O) groups excluding carboxylic acids is 1. The van der Waals surface area contributed by atoms with E-state index in [2.05, 4.69) is 15.3 Å². The van der Waals surface area contributed by atoms with Crippen molar-refractivity contribution in [3.63, 3.8) is 0 Å². The summed E-state index contributed by atoms with van der Waals surface area (Å²) in [4.78, 5) is 39.8. The number of ether oxygens (including phenoxy) is 1. The number of H-pyrrole nitrogens is 2. The Kier molecular flexibility index (Phi) is 4.21. The van der Waals surface area contributed by atoms with Crippen LogP contribution in [-0.4, -0.2) is 42.8 Å². The second-order valence-electron chi connectivity index (χ2n) is 5.70. The number of hydrogen-bond acceptors (Lipinski definition) is 6. The first-order chi connectivity index (χ1) is 11.7. The standard InChI is InChI=1S/C15H15N3O6S/c1-25(22,23)5-4-16-12(19)8-2-3-11-9(6-8)7-10-13(20)17-15(21)18-14(10)24-11/h2-3,6H,4-5,7H2,1H3,(H,16,19)(H2,17,18,20,21). The van der Waals surface area contributed by atoms with Crippen molar-refractivity contribution in [2.24, 2.45) is 0 Å². The highest BCUT2D eigenvalue weighted by Crippen LogP contribution is 2.33. The van der Waals surface area contributed by atoms with Crippen molar-refractivity contribution in [1.29, 1.82) is 0 Å². The number of nitrogens with one attached hydrogen (secondary N) is 3. The molecule has 25 heavy (non-hydrogen) atoms. The Bertz CT molecular complexity index is 1070. The van der Waals surface area contributed by atoms with Gasteiger partial charge in [-0.3, -0.25) is 19.6 Å². The third-order valence-corrected chi connectivity index (χ3v) is 4.61. The maximum atomic E-state index is 12.1. The monoisotopic (exact) mass is 365 g/mol. The van der Waals surface area contributed by atoms with Crippen molar-refractivity contribution >= 4 is 15.7 Å². The van der Waals surface area contributed by atoms with Gasteiger partial charge in [0, 0.05) is 30.3 Å². The minimum absolute atomic E-state index is 0.00892. The molecule has 0 spiro atoms. The normalized spacial score (nSPS) is 12.7. The summed E-state index contributed by atoms with van der Waals surface area (Å²) in [5, 5.41) is 2.53. The Morgan fingerprint density at radius 2 is 2.04 bits per heavy atom. The number of hydrogen-bond donors (Lipinski definition) is 3. The van der Waals surface area contributed by atoms with Crippen LogP contribution < -0.4 is 21.3 Å². The highest BCUT2D eigenvalue weighted by atomic mass is 32.2. The number of carbonyl (C=O) groups is 1. The first kappa shape index (κ1) is 17.0. The van der Waals surface area contributed by atoms with Gasteiger partial charge in [0.25, 0.3) is 11.5 Å². The van der Waals surface area contributed by atoms with E-state index >= 15 is 0 Å². The minimum atomic E-state index is -3.16. The number of fused-ring (bicyclic) bond motifs is 2. The van der Waals surface area contributed by atoms with Crippen molar-refractivity contribution in [2.75, 3.05) is 18.6 Å². The SMILES string of the molecule is CS(=O)(=O)CCNC(=O)c1ccc2c(c1)Cc1c([nH]c(=O)[nH]c1=O)O2.